The van der Waals surface area contributed by atoms with Gasteiger partial charge < -0.3 is 5.11 Å². The molecule has 2 unspecified atom stereocenters. The minimum Gasteiger partial charge on any atom is -0.481 e. The maximum atomic E-state index is 13.0. The van der Waals surface area contributed by atoms with Crippen LogP contribution in [0.2, 0.25) is 0 Å². The second-order valence-electron chi connectivity index (χ2n) is 6.95. The Kier molecular flexibility index (Phi) is 2.76. The molecule has 1 aliphatic heterocycles. The normalized spacial score (nSPS) is 26.9. The van der Waals surface area contributed by atoms with Gasteiger partial charge in [-0.25, -0.2) is 4.98 Å². The Morgan fingerprint density at radius 1 is 1.28 bits per heavy atom. The van der Waals surface area contributed by atoms with Crippen LogP contribution in [-0.4, -0.2) is 20.6 Å². The predicted molar refractivity (Wildman–Crippen MR) is 93.9 cm³/mol. The van der Waals surface area contributed by atoms with E-state index in [9.17, 15) is 14.7 Å². The van der Waals surface area contributed by atoms with Crippen molar-refractivity contribution in [2.45, 2.75) is 25.3 Å². The quantitative estimate of drug-likeness (QED) is 0.918. The van der Waals surface area contributed by atoms with Crippen LogP contribution in [0.25, 0.3) is 17.7 Å². The molecule has 0 saturated heterocycles. The molecule has 5 heteroatoms. The Labute approximate surface area is 144 Å². The molecule has 0 amide bonds. The van der Waals surface area contributed by atoms with E-state index in [1.54, 1.807) is 16.7 Å². The largest absolute Gasteiger partial charge is 0.481 e. The zero-order valence-electron chi connectivity index (χ0n) is 13.5. The molecule has 25 heavy (non-hydrogen) atoms. The van der Waals surface area contributed by atoms with Crippen molar-refractivity contribution in [3.63, 3.8) is 0 Å². The summed E-state index contributed by atoms with van der Waals surface area (Å²) >= 11 is 0. The van der Waals surface area contributed by atoms with E-state index in [-0.39, 0.29) is 11.6 Å². The van der Waals surface area contributed by atoms with Gasteiger partial charge in [0.15, 0.2) is 0 Å². The Hall–Kier alpha value is -2.95. The molecule has 0 radical (unpaired) electrons. The van der Waals surface area contributed by atoms with Crippen molar-refractivity contribution in [2.75, 3.05) is 0 Å². The van der Waals surface area contributed by atoms with E-state index in [0.29, 0.717) is 24.2 Å². The van der Waals surface area contributed by atoms with Crippen LogP contribution >= 0.6 is 0 Å². The van der Waals surface area contributed by atoms with Gasteiger partial charge in [-0.15, -0.1) is 0 Å². The summed E-state index contributed by atoms with van der Waals surface area (Å²) < 4.78 is 1.60. The third-order valence-electron chi connectivity index (χ3n) is 5.53. The standard InChI is InChI=1S/C20H16N2O3/c23-18-14-7-6-13(10-12-4-2-1-3-5-12)17(14)21-16-8-9-20(19(24)25)11-15(20)22(16)18/h1-5,8-10,15H,6-7,11H2,(H,24,25). The van der Waals surface area contributed by atoms with Gasteiger partial charge >= 0.3 is 5.97 Å². The van der Waals surface area contributed by atoms with E-state index in [2.05, 4.69) is 6.08 Å². The third kappa shape index (κ3) is 1.92. The molecule has 0 spiro atoms. The number of allylic oxidation sites excluding steroid dienone is 1. The van der Waals surface area contributed by atoms with Crippen molar-refractivity contribution in [3.05, 3.63) is 69.4 Å². The zero-order chi connectivity index (χ0) is 17.2. The van der Waals surface area contributed by atoms with Crippen LogP contribution < -0.4 is 5.56 Å². The van der Waals surface area contributed by atoms with Crippen molar-refractivity contribution in [2.24, 2.45) is 5.41 Å². The molecule has 2 aliphatic carbocycles. The molecule has 3 aliphatic rings. The number of carboxylic acid groups (broad SMARTS) is 1. The monoisotopic (exact) mass is 332 g/mol. The van der Waals surface area contributed by atoms with Crippen LogP contribution in [0.5, 0.6) is 0 Å². The lowest BCUT2D eigenvalue weighted by Crippen LogP contribution is -2.31. The van der Waals surface area contributed by atoms with Crippen LogP contribution in [-0.2, 0) is 11.2 Å². The minimum absolute atomic E-state index is 0.0751. The van der Waals surface area contributed by atoms with Crippen LogP contribution in [0.4, 0.5) is 0 Å². The average Bonchev–Trinajstić information content (AvgIpc) is 3.25. The predicted octanol–water partition coefficient (Wildman–Crippen LogP) is 2.77. The first-order valence-electron chi connectivity index (χ1n) is 8.44. The zero-order valence-corrected chi connectivity index (χ0v) is 13.5. The molecule has 5 rings (SSSR count). The first-order valence-corrected chi connectivity index (χ1v) is 8.44. The van der Waals surface area contributed by atoms with Gasteiger partial charge in [0.05, 0.1) is 11.7 Å². The van der Waals surface area contributed by atoms with Gasteiger partial charge in [-0.1, -0.05) is 36.4 Å². The fourth-order valence-electron chi connectivity index (χ4n) is 4.05. The average molecular weight is 332 g/mol. The maximum Gasteiger partial charge on any atom is 0.315 e. The summed E-state index contributed by atoms with van der Waals surface area (Å²) in [7, 11) is 0. The van der Waals surface area contributed by atoms with Crippen LogP contribution in [0.1, 0.15) is 41.5 Å². The number of hydrogen-bond acceptors (Lipinski definition) is 3. The van der Waals surface area contributed by atoms with Crippen molar-refractivity contribution in [3.8, 4) is 0 Å². The summed E-state index contributed by atoms with van der Waals surface area (Å²) in [5.41, 5.74) is 2.66. The fourth-order valence-corrected chi connectivity index (χ4v) is 4.05. The SMILES string of the molecule is O=C(O)C12C=Cc3nc4c(c(=O)n3C1C2)CCC4=Cc1ccccc1. The highest BCUT2D eigenvalue weighted by Gasteiger charge is 2.62. The van der Waals surface area contributed by atoms with Gasteiger partial charge in [0.25, 0.3) is 5.56 Å². The van der Waals surface area contributed by atoms with Crippen LogP contribution in [0.15, 0.2) is 41.2 Å². The smallest absolute Gasteiger partial charge is 0.315 e. The van der Waals surface area contributed by atoms with Crippen molar-refractivity contribution in [1.82, 2.24) is 9.55 Å². The highest BCUT2D eigenvalue weighted by molar-refractivity contribution is 5.86. The second kappa shape index (κ2) is 4.79. The Morgan fingerprint density at radius 2 is 2.08 bits per heavy atom. The minimum atomic E-state index is -0.909. The molecule has 1 saturated carbocycles. The van der Waals surface area contributed by atoms with Crippen molar-refractivity contribution < 1.29 is 9.90 Å². The molecule has 2 aromatic rings. The lowest BCUT2D eigenvalue weighted by atomic mass is 10.0. The Balaban J connectivity index is 1.64. The maximum absolute atomic E-state index is 13.0. The van der Waals surface area contributed by atoms with Crippen LogP contribution in [0.3, 0.4) is 0 Å². The summed E-state index contributed by atoms with van der Waals surface area (Å²) in [6.07, 6.45) is 7.39. The van der Waals surface area contributed by atoms with E-state index >= 15 is 0 Å². The first kappa shape index (κ1) is 14.4. The van der Waals surface area contributed by atoms with Gasteiger partial charge in [0.2, 0.25) is 0 Å². The van der Waals surface area contributed by atoms with Crippen molar-refractivity contribution in [1.29, 1.82) is 0 Å². The lowest BCUT2D eigenvalue weighted by Gasteiger charge is -2.18. The number of carboxylic acids is 1. The molecule has 2 atom stereocenters. The van der Waals surface area contributed by atoms with Gasteiger partial charge in [-0.3, -0.25) is 14.2 Å². The number of rotatable bonds is 2. The summed E-state index contributed by atoms with van der Waals surface area (Å²) in [5.74, 6) is -0.291. The molecule has 1 aromatic carbocycles. The summed E-state index contributed by atoms with van der Waals surface area (Å²) in [6, 6.07) is 9.71. The number of aliphatic carboxylic acids is 1. The molecule has 5 nitrogen and oxygen atoms in total. The van der Waals surface area contributed by atoms with E-state index in [4.69, 9.17) is 4.98 Å². The first-order chi connectivity index (χ1) is 12.1. The number of fused-ring (bicyclic) bond motifs is 4. The molecule has 124 valence electrons. The number of aromatic nitrogens is 2. The number of benzene rings is 1. The summed E-state index contributed by atoms with van der Waals surface area (Å²) in [4.78, 5) is 29.2. The molecule has 0 bridgehead atoms. The molecule has 1 N–H and O–H groups in total. The van der Waals surface area contributed by atoms with Gasteiger partial charge in [-0.2, -0.15) is 0 Å². The summed E-state index contributed by atoms with van der Waals surface area (Å²) in [6.45, 7) is 0. The highest BCUT2D eigenvalue weighted by atomic mass is 16.4. The number of nitrogens with zero attached hydrogens (tertiary/aromatic N) is 2. The fraction of sp³-hybridized carbons (Fsp3) is 0.250. The molecular weight excluding hydrogens is 316 g/mol. The topological polar surface area (TPSA) is 72.2 Å². The van der Waals surface area contributed by atoms with Crippen LogP contribution in [0, 0.1) is 5.41 Å². The van der Waals surface area contributed by atoms with E-state index < -0.39 is 11.4 Å². The number of carbonyl (C=O) groups is 1. The van der Waals surface area contributed by atoms with E-state index in [1.165, 1.54) is 0 Å². The molecule has 2 heterocycles. The van der Waals surface area contributed by atoms with E-state index in [1.807, 2.05) is 30.3 Å². The Bertz CT molecular complexity index is 1030. The summed E-state index contributed by atoms with van der Waals surface area (Å²) in [5, 5.41) is 9.46. The molecular formula is C20H16N2O3. The van der Waals surface area contributed by atoms with Gasteiger partial charge in [0.1, 0.15) is 11.2 Å². The second-order valence-corrected chi connectivity index (χ2v) is 6.95. The highest BCUT2D eigenvalue weighted by Crippen LogP contribution is 2.59. The van der Waals surface area contributed by atoms with Gasteiger partial charge in [0, 0.05) is 5.56 Å². The molecule has 1 fully saturated rings. The molecule has 1 aromatic heterocycles. The van der Waals surface area contributed by atoms with E-state index in [0.717, 1.165) is 23.3 Å². The lowest BCUT2D eigenvalue weighted by molar-refractivity contribution is -0.141. The van der Waals surface area contributed by atoms with Gasteiger partial charge in [-0.05, 0) is 42.6 Å². The van der Waals surface area contributed by atoms with Crippen molar-refractivity contribution >= 4 is 23.7 Å². The Morgan fingerprint density at radius 3 is 2.84 bits per heavy atom. The third-order valence-corrected chi connectivity index (χ3v) is 5.53. The number of hydrogen-bond donors (Lipinski definition) is 1.